The predicted molar refractivity (Wildman–Crippen MR) is 86.6 cm³/mol. The molecule has 1 unspecified atom stereocenters. The maximum absolute atomic E-state index is 11.7. The second kappa shape index (κ2) is 10.3. The highest BCUT2D eigenvalue weighted by atomic mass is 35.5. The van der Waals surface area contributed by atoms with Crippen molar-refractivity contribution in [3.63, 3.8) is 0 Å². The Morgan fingerprint density at radius 1 is 1.19 bits per heavy atom. The monoisotopic (exact) mass is 316 g/mol. The van der Waals surface area contributed by atoms with Gasteiger partial charge in [0.2, 0.25) is 5.91 Å². The van der Waals surface area contributed by atoms with Crippen LogP contribution in [0.25, 0.3) is 0 Å². The summed E-state index contributed by atoms with van der Waals surface area (Å²) in [6.07, 6.45) is 1.11. The Balaban J connectivity index is 0.00000400. The van der Waals surface area contributed by atoms with Gasteiger partial charge in [-0.25, -0.2) is 0 Å². The molecule has 1 aromatic carbocycles. The Morgan fingerprint density at radius 2 is 1.76 bits per heavy atom. The average molecular weight is 317 g/mol. The van der Waals surface area contributed by atoms with Gasteiger partial charge in [-0.05, 0) is 38.1 Å². The largest absolute Gasteiger partial charge is 0.497 e. The first-order valence-electron chi connectivity index (χ1n) is 6.75. The molecular weight excluding hydrogens is 292 g/mol. The van der Waals surface area contributed by atoms with Crippen LogP contribution in [0.2, 0.25) is 0 Å². The maximum atomic E-state index is 11.7. The molecule has 0 spiro atoms. The highest BCUT2D eigenvalue weighted by Gasteiger charge is 2.06. The first-order valence-corrected chi connectivity index (χ1v) is 6.75. The maximum Gasteiger partial charge on any atom is 0.220 e. The van der Waals surface area contributed by atoms with E-state index in [2.05, 4.69) is 10.6 Å². The molecule has 0 aliphatic rings. The summed E-state index contributed by atoms with van der Waals surface area (Å²) in [6, 6.07) is 5.94. The zero-order valence-corrected chi connectivity index (χ0v) is 13.9. The Hall–Kier alpha value is -1.46. The van der Waals surface area contributed by atoms with E-state index in [-0.39, 0.29) is 24.4 Å². The van der Waals surface area contributed by atoms with Crippen molar-refractivity contribution < 1.29 is 14.3 Å². The van der Waals surface area contributed by atoms with E-state index >= 15 is 0 Å². The van der Waals surface area contributed by atoms with Gasteiger partial charge in [0.25, 0.3) is 0 Å². The highest BCUT2D eigenvalue weighted by Crippen LogP contribution is 2.23. The number of hydrogen-bond donors (Lipinski definition) is 2. The van der Waals surface area contributed by atoms with Crippen molar-refractivity contribution in [2.75, 3.05) is 27.8 Å². The topological polar surface area (TPSA) is 59.6 Å². The van der Waals surface area contributed by atoms with E-state index in [9.17, 15) is 4.79 Å². The van der Waals surface area contributed by atoms with Crippen molar-refractivity contribution in [1.29, 1.82) is 0 Å². The lowest BCUT2D eigenvalue weighted by Crippen LogP contribution is -2.37. The molecular formula is C15H25ClN2O3. The second-order valence-electron chi connectivity index (χ2n) is 4.71. The van der Waals surface area contributed by atoms with Crippen molar-refractivity contribution in [3.05, 3.63) is 23.8 Å². The molecule has 6 heteroatoms. The van der Waals surface area contributed by atoms with Crippen molar-refractivity contribution in [2.24, 2.45) is 0 Å². The first-order chi connectivity index (χ1) is 9.58. The molecule has 2 N–H and O–H groups in total. The number of methoxy groups -OCH3 is 2. The smallest absolute Gasteiger partial charge is 0.220 e. The van der Waals surface area contributed by atoms with Crippen LogP contribution >= 0.6 is 12.4 Å². The zero-order chi connectivity index (χ0) is 15.0. The minimum absolute atomic E-state index is 0. The van der Waals surface area contributed by atoms with Crippen molar-refractivity contribution in [2.45, 2.75) is 25.8 Å². The van der Waals surface area contributed by atoms with Crippen LogP contribution in [0, 0.1) is 0 Å². The van der Waals surface area contributed by atoms with Crippen LogP contribution in [0.5, 0.6) is 11.5 Å². The fourth-order valence-electron chi connectivity index (χ4n) is 1.73. The van der Waals surface area contributed by atoms with Gasteiger partial charge in [-0.15, -0.1) is 12.4 Å². The Morgan fingerprint density at radius 3 is 2.24 bits per heavy atom. The van der Waals surface area contributed by atoms with Crippen LogP contribution < -0.4 is 20.1 Å². The van der Waals surface area contributed by atoms with Gasteiger partial charge < -0.3 is 20.1 Å². The quantitative estimate of drug-likeness (QED) is 0.767. The summed E-state index contributed by atoms with van der Waals surface area (Å²) in [7, 11) is 5.11. The fourth-order valence-corrected chi connectivity index (χ4v) is 1.73. The van der Waals surface area contributed by atoms with Crippen molar-refractivity contribution >= 4 is 18.3 Å². The van der Waals surface area contributed by atoms with E-state index < -0.39 is 0 Å². The Labute approximate surface area is 132 Å². The predicted octanol–water partition coefficient (Wildman–Crippen LogP) is 1.78. The first kappa shape index (κ1) is 19.5. The number of amides is 1. The number of rotatable bonds is 8. The summed E-state index contributed by atoms with van der Waals surface area (Å²) in [6.45, 7) is 2.66. The SMILES string of the molecule is CNC(C)CNC(=O)CCc1cc(OC)cc(OC)c1.Cl. The molecule has 0 heterocycles. The molecule has 21 heavy (non-hydrogen) atoms. The molecule has 120 valence electrons. The third kappa shape index (κ3) is 7.20. The number of aryl methyl sites for hydroxylation is 1. The van der Waals surface area contributed by atoms with Crippen LogP contribution in [0.15, 0.2) is 18.2 Å². The number of hydrogen-bond acceptors (Lipinski definition) is 4. The zero-order valence-electron chi connectivity index (χ0n) is 13.1. The molecule has 0 saturated heterocycles. The van der Waals surface area contributed by atoms with Crippen molar-refractivity contribution in [3.8, 4) is 11.5 Å². The molecule has 5 nitrogen and oxygen atoms in total. The lowest BCUT2D eigenvalue weighted by atomic mass is 10.1. The molecule has 0 aliphatic carbocycles. The summed E-state index contributed by atoms with van der Waals surface area (Å²) in [5.74, 6) is 1.53. The summed E-state index contributed by atoms with van der Waals surface area (Å²) < 4.78 is 10.4. The molecule has 1 atom stereocenters. The standard InChI is InChI=1S/C15H24N2O3.ClH/c1-11(16-2)10-17-15(18)6-5-12-7-13(19-3)9-14(8-12)20-4;/h7-9,11,16H,5-6,10H2,1-4H3,(H,17,18);1H. The van der Waals surface area contributed by atoms with Gasteiger partial charge in [-0.3, -0.25) is 4.79 Å². The summed E-state index contributed by atoms with van der Waals surface area (Å²) in [5.41, 5.74) is 1.03. The molecule has 1 aromatic rings. The van der Waals surface area contributed by atoms with E-state index in [1.807, 2.05) is 32.2 Å². The van der Waals surface area contributed by atoms with Gasteiger partial charge >= 0.3 is 0 Å². The summed E-state index contributed by atoms with van der Waals surface area (Å²) >= 11 is 0. The highest BCUT2D eigenvalue weighted by molar-refractivity contribution is 5.85. The third-order valence-electron chi connectivity index (χ3n) is 3.15. The lowest BCUT2D eigenvalue weighted by Gasteiger charge is -2.12. The average Bonchev–Trinajstić information content (AvgIpc) is 2.49. The number of benzene rings is 1. The molecule has 1 rings (SSSR count). The number of carbonyl (C=O) groups excluding carboxylic acids is 1. The van der Waals surface area contributed by atoms with Gasteiger partial charge in [-0.1, -0.05) is 0 Å². The van der Waals surface area contributed by atoms with Gasteiger partial charge in [0, 0.05) is 25.1 Å². The summed E-state index contributed by atoms with van der Waals surface area (Å²) in [4.78, 5) is 11.7. The third-order valence-corrected chi connectivity index (χ3v) is 3.15. The fraction of sp³-hybridized carbons (Fsp3) is 0.533. The molecule has 1 amide bonds. The van der Waals surface area contributed by atoms with E-state index in [0.29, 0.717) is 19.4 Å². The van der Waals surface area contributed by atoms with E-state index in [4.69, 9.17) is 9.47 Å². The van der Waals surface area contributed by atoms with Crippen LogP contribution in [0.1, 0.15) is 18.9 Å². The molecule has 0 bridgehead atoms. The van der Waals surface area contributed by atoms with E-state index in [0.717, 1.165) is 17.1 Å². The molecule has 0 fully saturated rings. The van der Waals surface area contributed by atoms with Gasteiger partial charge in [0.1, 0.15) is 11.5 Å². The van der Waals surface area contributed by atoms with Crippen LogP contribution in [0.4, 0.5) is 0 Å². The molecule has 0 aliphatic heterocycles. The minimum Gasteiger partial charge on any atom is -0.497 e. The van der Waals surface area contributed by atoms with Crippen LogP contribution in [0.3, 0.4) is 0 Å². The minimum atomic E-state index is 0. The van der Waals surface area contributed by atoms with Crippen LogP contribution in [-0.2, 0) is 11.2 Å². The van der Waals surface area contributed by atoms with Crippen LogP contribution in [-0.4, -0.2) is 39.8 Å². The number of likely N-dealkylation sites (N-methyl/N-ethyl adjacent to an activating group) is 1. The van der Waals surface area contributed by atoms with E-state index in [1.54, 1.807) is 14.2 Å². The number of nitrogens with one attached hydrogen (secondary N) is 2. The Kier molecular flexibility index (Phi) is 9.58. The molecule has 0 saturated carbocycles. The normalized spacial score (nSPS) is 11.2. The number of halogens is 1. The van der Waals surface area contributed by atoms with Gasteiger partial charge in [-0.2, -0.15) is 0 Å². The summed E-state index contributed by atoms with van der Waals surface area (Å²) in [5, 5.41) is 5.97. The molecule has 0 radical (unpaired) electrons. The Bertz CT molecular complexity index is 419. The molecule has 0 aromatic heterocycles. The van der Waals surface area contributed by atoms with Gasteiger partial charge in [0.15, 0.2) is 0 Å². The number of ether oxygens (including phenoxy) is 2. The van der Waals surface area contributed by atoms with E-state index in [1.165, 1.54) is 0 Å². The second-order valence-corrected chi connectivity index (χ2v) is 4.71. The number of carbonyl (C=O) groups is 1. The van der Waals surface area contributed by atoms with Crippen molar-refractivity contribution in [1.82, 2.24) is 10.6 Å². The lowest BCUT2D eigenvalue weighted by molar-refractivity contribution is -0.121. The van der Waals surface area contributed by atoms with Gasteiger partial charge in [0.05, 0.1) is 14.2 Å².